The van der Waals surface area contributed by atoms with Crippen molar-refractivity contribution in [1.29, 1.82) is 0 Å². The van der Waals surface area contributed by atoms with Crippen LogP contribution in [-0.2, 0) is 23.9 Å². The highest BCUT2D eigenvalue weighted by Gasteiger charge is 2.42. The third-order valence-electron chi connectivity index (χ3n) is 13.6. The maximum Gasteiger partial charge on any atom is 0.407 e. The van der Waals surface area contributed by atoms with Gasteiger partial charge in [-0.25, -0.2) is 9.59 Å². The van der Waals surface area contributed by atoms with E-state index >= 15 is 0 Å². The van der Waals surface area contributed by atoms with Gasteiger partial charge in [0.05, 0.1) is 32.3 Å². The van der Waals surface area contributed by atoms with E-state index in [9.17, 15) is 24.0 Å². The van der Waals surface area contributed by atoms with Gasteiger partial charge >= 0.3 is 12.2 Å². The lowest BCUT2D eigenvalue weighted by Gasteiger charge is -2.38. The van der Waals surface area contributed by atoms with Gasteiger partial charge in [-0.2, -0.15) is 0 Å². The molecule has 1 aromatic carbocycles. The SMILES string of the molecule is COC(=O)NC(C(=O)N1CCC[C@H]1C(=O)NC1=CCC(C2CC[C@H](C3=CCC(NC(=O)C4CCCN4C(C)[C@@H](NC(=O)OC)C(C)C)C=C3)N2c2ccc(C)cc2)C=C1)C(C)C. The van der Waals surface area contributed by atoms with Crippen LogP contribution in [0.5, 0.6) is 0 Å². The number of aryl methyl sites for hydroxylation is 1. The van der Waals surface area contributed by atoms with Crippen molar-refractivity contribution in [3.8, 4) is 0 Å². The fraction of sp³-hybridized carbons (Fsp3) is 0.604. The summed E-state index contributed by atoms with van der Waals surface area (Å²) in [6.07, 6.45) is 18.2. The number of rotatable bonds is 14. The Bertz CT molecular complexity index is 1910. The predicted octanol–water partition coefficient (Wildman–Crippen LogP) is 5.88. The fourth-order valence-corrected chi connectivity index (χ4v) is 10.2. The number of alkyl carbamates (subject to hydrolysis) is 2. The summed E-state index contributed by atoms with van der Waals surface area (Å²) >= 11 is 0. The third-order valence-corrected chi connectivity index (χ3v) is 13.6. The van der Waals surface area contributed by atoms with Crippen LogP contribution in [0.15, 0.2) is 72.0 Å². The number of hydrogen-bond acceptors (Lipinski definition) is 9. The number of allylic oxidation sites excluding steroid dienone is 2. The molecule has 6 rings (SSSR count). The van der Waals surface area contributed by atoms with Crippen LogP contribution in [0, 0.1) is 24.7 Å². The van der Waals surface area contributed by atoms with Gasteiger partial charge in [-0.15, -0.1) is 0 Å². The zero-order chi connectivity index (χ0) is 44.7. The van der Waals surface area contributed by atoms with Crippen LogP contribution in [0.1, 0.15) is 91.5 Å². The molecule has 0 saturated carbocycles. The monoisotopic (exact) mass is 856 g/mol. The molecule has 3 fully saturated rings. The Kier molecular flexibility index (Phi) is 15.6. The first-order valence-corrected chi connectivity index (χ1v) is 22.7. The summed E-state index contributed by atoms with van der Waals surface area (Å²) in [5.41, 5.74) is 4.36. The van der Waals surface area contributed by atoms with Crippen molar-refractivity contribution in [2.24, 2.45) is 17.8 Å². The molecule has 14 heteroatoms. The van der Waals surface area contributed by atoms with E-state index in [-0.39, 0.29) is 71.7 Å². The Balaban J connectivity index is 1.08. The number of anilines is 1. The first-order chi connectivity index (χ1) is 29.7. The second kappa shape index (κ2) is 20.8. The molecule has 5 aliphatic rings. The van der Waals surface area contributed by atoms with Crippen molar-refractivity contribution in [2.75, 3.05) is 32.2 Å². The van der Waals surface area contributed by atoms with Gasteiger partial charge in [0.25, 0.3) is 0 Å². The van der Waals surface area contributed by atoms with E-state index in [1.165, 1.54) is 31.0 Å². The summed E-state index contributed by atoms with van der Waals surface area (Å²) in [5, 5.41) is 12.1. The summed E-state index contributed by atoms with van der Waals surface area (Å²) in [6.45, 7) is 13.3. The van der Waals surface area contributed by atoms with E-state index in [0.29, 0.717) is 25.8 Å². The van der Waals surface area contributed by atoms with Crippen molar-refractivity contribution >= 4 is 35.6 Å². The second-order valence-corrected chi connectivity index (χ2v) is 18.3. The number of ether oxygens (including phenoxy) is 2. The largest absolute Gasteiger partial charge is 0.453 e. The molecule has 0 bridgehead atoms. The lowest BCUT2D eigenvalue weighted by molar-refractivity contribution is -0.140. The highest BCUT2D eigenvalue weighted by Crippen LogP contribution is 2.41. The second-order valence-electron chi connectivity index (χ2n) is 18.3. The maximum absolute atomic E-state index is 13.8. The van der Waals surface area contributed by atoms with E-state index in [4.69, 9.17) is 9.47 Å². The minimum atomic E-state index is -0.787. The molecule has 3 saturated heterocycles. The van der Waals surface area contributed by atoms with Crippen molar-refractivity contribution in [3.63, 3.8) is 0 Å². The van der Waals surface area contributed by atoms with Gasteiger partial charge in [-0.1, -0.05) is 75.8 Å². The van der Waals surface area contributed by atoms with Gasteiger partial charge < -0.3 is 40.5 Å². The summed E-state index contributed by atoms with van der Waals surface area (Å²) in [5.74, 6) is -0.263. The number of carbonyl (C=O) groups is 5. The molecule has 5 amide bonds. The standard InChI is InChI=1S/C48H69N7O7/c1-29(2)42(51-47(59)61-7)32(6)53-27-9-11-40(53)44(56)49-35-19-15-33(16-20-35)38-25-26-39(55(38)37-23-13-31(5)14-24-37)34-17-21-36(22-18-34)50-45(57)41-12-10-28-54(41)46(58)43(30(3)4)52-48(60)62-8/h13-17,19,21-24,29-30,32,34-35,38-43H,9-12,18,20,25-28H2,1-8H3,(H,49,56)(H,50,57)(H,51,59)(H,52,60)/t32?,34?,35?,38-,39?,40?,41+,42+,43?/m1/s1. The Morgan fingerprint density at radius 3 is 2.06 bits per heavy atom. The average Bonchev–Trinajstić information content (AvgIpc) is 4.06. The van der Waals surface area contributed by atoms with Crippen molar-refractivity contribution in [2.45, 2.75) is 141 Å². The molecule has 62 heavy (non-hydrogen) atoms. The van der Waals surface area contributed by atoms with Crippen LogP contribution in [0.3, 0.4) is 0 Å². The van der Waals surface area contributed by atoms with Crippen molar-refractivity contribution in [3.05, 3.63) is 77.6 Å². The molecule has 0 radical (unpaired) electrons. The molecular weight excluding hydrogens is 787 g/mol. The maximum atomic E-state index is 13.8. The Hall–Kier alpha value is -5.11. The summed E-state index contributed by atoms with van der Waals surface area (Å²) in [7, 11) is 2.63. The number of likely N-dealkylation sites (tertiary alicyclic amines) is 2. The molecular formula is C48H69N7O7. The molecule has 0 spiro atoms. The fourth-order valence-electron chi connectivity index (χ4n) is 10.2. The van der Waals surface area contributed by atoms with Crippen LogP contribution < -0.4 is 26.2 Å². The first kappa shape index (κ1) is 46.4. The number of benzene rings is 1. The van der Waals surface area contributed by atoms with E-state index in [0.717, 1.165) is 44.3 Å². The van der Waals surface area contributed by atoms with Gasteiger partial charge in [-0.3, -0.25) is 19.3 Å². The topological polar surface area (TPSA) is 162 Å². The number of carbonyl (C=O) groups excluding carboxylic acids is 5. The Morgan fingerprint density at radius 2 is 1.44 bits per heavy atom. The average molecular weight is 856 g/mol. The molecule has 2 aliphatic carbocycles. The van der Waals surface area contributed by atoms with E-state index in [1.54, 1.807) is 4.90 Å². The number of nitrogens with zero attached hydrogens (tertiary/aromatic N) is 3. The van der Waals surface area contributed by atoms with Gasteiger partial charge in [0.15, 0.2) is 0 Å². The summed E-state index contributed by atoms with van der Waals surface area (Å²) in [6, 6.07) is 7.19. The van der Waals surface area contributed by atoms with Crippen LogP contribution in [0.2, 0.25) is 0 Å². The molecule has 9 atom stereocenters. The zero-order valence-corrected chi connectivity index (χ0v) is 37.9. The normalized spacial score (nSPS) is 26.4. The molecule has 3 aliphatic heterocycles. The van der Waals surface area contributed by atoms with Crippen molar-refractivity contribution < 1.29 is 33.4 Å². The van der Waals surface area contributed by atoms with E-state index < -0.39 is 24.3 Å². The van der Waals surface area contributed by atoms with Crippen LogP contribution in [0.4, 0.5) is 15.3 Å². The predicted molar refractivity (Wildman–Crippen MR) is 240 cm³/mol. The highest BCUT2D eigenvalue weighted by atomic mass is 16.5. The smallest absolute Gasteiger partial charge is 0.407 e. The lowest BCUT2D eigenvalue weighted by Crippen LogP contribution is -2.57. The van der Waals surface area contributed by atoms with Gasteiger partial charge in [-0.05, 0) is 107 Å². The van der Waals surface area contributed by atoms with Gasteiger partial charge in [0, 0.05) is 42.0 Å². The Labute approximate surface area is 367 Å². The highest BCUT2D eigenvalue weighted by molar-refractivity contribution is 5.92. The first-order valence-electron chi connectivity index (χ1n) is 22.7. The molecule has 14 nitrogen and oxygen atoms in total. The lowest BCUT2D eigenvalue weighted by atomic mass is 9.90. The number of nitrogens with one attached hydrogen (secondary N) is 4. The summed E-state index contributed by atoms with van der Waals surface area (Å²) < 4.78 is 9.64. The third kappa shape index (κ3) is 10.7. The van der Waals surface area contributed by atoms with Crippen molar-refractivity contribution in [1.82, 2.24) is 31.1 Å². The van der Waals surface area contributed by atoms with Gasteiger partial charge in [0.1, 0.15) is 12.1 Å². The number of methoxy groups -OCH3 is 2. The molecule has 6 unspecified atom stereocenters. The van der Waals surface area contributed by atoms with Crippen LogP contribution >= 0.6 is 0 Å². The van der Waals surface area contributed by atoms with Crippen LogP contribution in [-0.4, -0.2) is 115 Å². The minimum absolute atomic E-state index is 0.0260. The molecule has 1 aromatic rings. The number of amides is 5. The number of hydrogen-bond donors (Lipinski definition) is 4. The van der Waals surface area contributed by atoms with E-state index in [1.807, 2.05) is 19.9 Å². The Morgan fingerprint density at radius 1 is 0.742 bits per heavy atom. The molecule has 0 aromatic heterocycles. The van der Waals surface area contributed by atoms with Gasteiger partial charge in [0.2, 0.25) is 17.7 Å². The summed E-state index contributed by atoms with van der Waals surface area (Å²) in [4.78, 5) is 71.5. The zero-order valence-electron chi connectivity index (χ0n) is 37.9. The van der Waals surface area contributed by atoms with Crippen LogP contribution in [0.25, 0.3) is 0 Å². The molecule has 4 N–H and O–H groups in total. The molecule has 338 valence electrons. The quantitative estimate of drug-likeness (QED) is 0.179. The van der Waals surface area contributed by atoms with E-state index in [2.05, 4.69) is 113 Å². The minimum Gasteiger partial charge on any atom is -0.453 e. The molecule has 3 heterocycles.